The predicted octanol–water partition coefficient (Wildman–Crippen LogP) is 10.1. The van der Waals surface area contributed by atoms with Crippen molar-refractivity contribution in [2.45, 2.75) is 122 Å². The summed E-state index contributed by atoms with van der Waals surface area (Å²) in [4.78, 5) is 71.7. The van der Waals surface area contributed by atoms with Crippen LogP contribution >= 0.6 is 0 Å². The number of carbonyl (C=O) groups excluding carboxylic acids is 2. The Morgan fingerprint density at radius 2 is 1.11 bits per heavy atom. The zero-order valence-electron chi connectivity index (χ0n) is 52.7. The van der Waals surface area contributed by atoms with E-state index in [4.69, 9.17) is 38.9 Å². The molecule has 22 nitrogen and oxygen atoms in total. The number of nitrogens with one attached hydrogen (secondary N) is 1. The largest absolute Gasteiger partial charge is 0.465 e. The number of nitrogens with zero attached hydrogens (tertiary/aromatic N) is 13. The van der Waals surface area contributed by atoms with Gasteiger partial charge >= 0.3 is 30.3 Å². The van der Waals surface area contributed by atoms with Crippen LogP contribution in [0.4, 0.5) is 37.4 Å². The highest BCUT2D eigenvalue weighted by atomic mass is 16.6. The van der Waals surface area contributed by atoms with Gasteiger partial charge in [0.15, 0.2) is 0 Å². The van der Waals surface area contributed by atoms with Crippen LogP contribution < -0.4 is 34.4 Å². The number of benzene rings is 5. The fraction of sp³-hybridized carbons (Fsp3) is 0.443. The van der Waals surface area contributed by atoms with Gasteiger partial charge in [0.05, 0.1) is 67.6 Å². The standard InChI is InChI=1S/C41H47N7O5.C29H33N7O3/c1-41(2,3)53-40(50)47-21-10-15-32(47)28-51-38-43-35-26-45(36-17-9-14-30-13-7-8-16-33(30)36)22-19-34(35)37(44-38)46-23-24-48(31(25-46)18-20-42)39(49)52-27-29-11-5-4-6-12-29;30-12-10-22-17-35(15-16-36(22)29(37)38)27-24-11-14-34(26-9-3-6-20-5-1-2-8-23(20)26)18-25(24)32-28(33-27)39-19-21-7-4-13-31-21/h4-9,11-14,16-17,31-32H,10,15,18-19,21-28H2,1-3H3;1-3,5-6,8-9,21-22,31H,4,7,10-11,13-19H2,(H,37,38)/t31?,32-;21-,22?/m00/s1. The first-order valence-corrected chi connectivity index (χ1v) is 32.2. The number of carboxylic acid groups (broad SMARTS) is 1. The first-order chi connectivity index (χ1) is 44.8. The summed E-state index contributed by atoms with van der Waals surface area (Å²) in [5.74, 6) is 1.57. The zero-order chi connectivity index (χ0) is 63.7. The molecule has 8 heterocycles. The van der Waals surface area contributed by atoms with Gasteiger partial charge < -0.3 is 63.7 Å². The van der Waals surface area contributed by atoms with Crippen molar-refractivity contribution in [1.29, 1.82) is 10.5 Å². The summed E-state index contributed by atoms with van der Waals surface area (Å²) in [6.07, 6.45) is 3.88. The van der Waals surface area contributed by atoms with Crippen molar-refractivity contribution >= 4 is 62.8 Å². The molecule has 7 aromatic rings. The van der Waals surface area contributed by atoms with E-state index in [1.54, 1.807) is 9.80 Å². The smallest absolute Gasteiger partial charge is 0.410 e. The molecule has 0 aliphatic carbocycles. The van der Waals surface area contributed by atoms with Crippen LogP contribution in [0.3, 0.4) is 0 Å². The lowest BCUT2D eigenvalue weighted by molar-refractivity contribution is 0.0183. The fourth-order valence-corrected chi connectivity index (χ4v) is 13.6. The maximum Gasteiger partial charge on any atom is 0.410 e. The SMILES string of the molecule is CC(C)(C)OC(=O)N1CCC[C@H]1COc1nc2c(c(N3CCN(C(=O)OCc4ccccc4)C(CC#N)C3)n1)CCN(c1cccc3ccccc13)C2.N#CCC1CN(c2nc(OC[C@@H]3CCCN3)nc3c2CCN(c2cccc4ccccc24)C3)CCN1C(=O)O. The lowest BCUT2D eigenvalue weighted by Gasteiger charge is -2.42. The molecule has 478 valence electrons. The molecular formula is C70H80N14O8. The summed E-state index contributed by atoms with van der Waals surface area (Å²) in [7, 11) is 0. The Hall–Kier alpha value is -9.67. The van der Waals surface area contributed by atoms with E-state index in [-0.39, 0.29) is 50.2 Å². The summed E-state index contributed by atoms with van der Waals surface area (Å²) in [5.41, 5.74) is 6.57. The van der Waals surface area contributed by atoms with Gasteiger partial charge in [-0.25, -0.2) is 14.4 Å². The quantitative estimate of drug-likeness (QED) is 0.103. The van der Waals surface area contributed by atoms with E-state index in [0.717, 1.165) is 97.1 Å². The summed E-state index contributed by atoms with van der Waals surface area (Å²) in [6.45, 7) is 13.5. The Morgan fingerprint density at radius 1 is 0.576 bits per heavy atom. The predicted molar refractivity (Wildman–Crippen MR) is 350 cm³/mol. The van der Waals surface area contributed by atoms with Crippen molar-refractivity contribution < 1.29 is 38.4 Å². The number of piperazine rings is 2. The third-order valence-electron chi connectivity index (χ3n) is 18.1. The van der Waals surface area contributed by atoms with Crippen LogP contribution in [0.25, 0.3) is 21.5 Å². The molecule has 4 fully saturated rings. The number of hydrogen-bond donors (Lipinski definition) is 2. The highest BCUT2D eigenvalue weighted by Gasteiger charge is 2.38. The number of hydrogen-bond acceptors (Lipinski definition) is 18. The molecule has 4 saturated heterocycles. The molecule has 2 aromatic heterocycles. The second kappa shape index (κ2) is 28.2. The Balaban J connectivity index is 0.000000186. The molecule has 0 spiro atoms. The number of ether oxygens (including phenoxy) is 4. The van der Waals surface area contributed by atoms with Crippen molar-refractivity contribution in [3.8, 4) is 24.2 Å². The lowest BCUT2D eigenvalue weighted by Crippen LogP contribution is -2.55. The van der Waals surface area contributed by atoms with Gasteiger partial charge in [-0.05, 0) is 94.3 Å². The van der Waals surface area contributed by atoms with E-state index in [0.29, 0.717) is 84.0 Å². The first-order valence-electron chi connectivity index (χ1n) is 32.2. The topological polar surface area (TPSA) is 242 Å². The number of likely N-dealkylation sites (tertiary alicyclic amines) is 1. The van der Waals surface area contributed by atoms with Crippen molar-refractivity contribution in [3.63, 3.8) is 0 Å². The Morgan fingerprint density at radius 3 is 1.66 bits per heavy atom. The van der Waals surface area contributed by atoms with Crippen molar-refractivity contribution in [2.75, 3.05) is 98.3 Å². The number of nitriles is 2. The maximum absolute atomic E-state index is 13.3. The highest BCUT2D eigenvalue weighted by Crippen LogP contribution is 2.38. The monoisotopic (exact) mass is 1240 g/mol. The summed E-state index contributed by atoms with van der Waals surface area (Å²) < 4.78 is 23.9. The van der Waals surface area contributed by atoms with Gasteiger partial charge in [-0.3, -0.25) is 0 Å². The summed E-state index contributed by atoms with van der Waals surface area (Å²) in [6, 6.07) is 43.5. The molecule has 0 bridgehead atoms. The molecule has 2 unspecified atom stereocenters. The molecule has 3 amide bonds. The van der Waals surface area contributed by atoms with Gasteiger partial charge in [-0.15, -0.1) is 0 Å². The van der Waals surface area contributed by atoms with E-state index >= 15 is 0 Å². The minimum absolute atomic E-state index is 0.141. The van der Waals surface area contributed by atoms with Crippen LogP contribution in [-0.2, 0) is 42.0 Å². The number of aromatic nitrogens is 4. The molecule has 4 atom stereocenters. The van der Waals surface area contributed by atoms with E-state index in [2.05, 4.69) is 122 Å². The molecular weight excluding hydrogens is 1160 g/mol. The summed E-state index contributed by atoms with van der Waals surface area (Å²) in [5, 5.41) is 37.0. The van der Waals surface area contributed by atoms with Gasteiger partial charge in [0.25, 0.3) is 0 Å². The highest BCUT2D eigenvalue weighted by molar-refractivity contribution is 5.95. The zero-order valence-corrected chi connectivity index (χ0v) is 52.7. The Bertz CT molecular complexity index is 3860. The molecule has 6 aliphatic heterocycles. The molecule has 6 aliphatic rings. The second-order valence-corrected chi connectivity index (χ2v) is 25.4. The van der Waals surface area contributed by atoms with Crippen molar-refractivity contribution in [1.82, 2.24) is 40.0 Å². The molecule has 5 aromatic carbocycles. The summed E-state index contributed by atoms with van der Waals surface area (Å²) >= 11 is 0. The van der Waals surface area contributed by atoms with Crippen molar-refractivity contribution in [3.05, 3.63) is 143 Å². The third kappa shape index (κ3) is 14.4. The number of amides is 3. The van der Waals surface area contributed by atoms with Gasteiger partial charge in [-0.2, -0.15) is 30.5 Å². The normalized spacial score (nSPS) is 19.7. The van der Waals surface area contributed by atoms with E-state index in [1.165, 1.54) is 32.1 Å². The molecule has 92 heavy (non-hydrogen) atoms. The Kier molecular flexibility index (Phi) is 19.2. The van der Waals surface area contributed by atoms with E-state index in [9.17, 15) is 30.0 Å². The minimum atomic E-state index is -0.988. The van der Waals surface area contributed by atoms with Gasteiger partial charge in [0.2, 0.25) is 0 Å². The lowest BCUT2D eigenvalue weighted by atomic mass is 10.0. The van der Waals surface area contributed by atoms with Crippen LogP contribution in [0.5, 0.6) is 12.0 Å². The van der Waals surface area contributed by atoms with Gasteiger partial charge in [0, 0.05) is 98.2 Å². The number of fused-ring (bicyclic) bond motifs is 4. The third-order valence-corrected chi connectivity index (χ3v) is 18.1. The Labute approximate surface area is 536 Å². The molecule has 2 N–H and O–H groups in total. The van der Waals surface area contributed by atoms with Gasteiger partial charge in [0.1, 0.15) is 37.1 Å². The van der Waals surface area contributed by atoms with Crippen LogP contribution in [0.15, 0.2) is 115 Å². The average Bonchev–Trinajstić information content (AvgIpc) is 0.847. The number of carbonyl (C=O) groups is 3. The minimum Gasteiger partial charge on any atom is -0.465 e. The molecule has 0 saturated carbocycles. The maximum atomic E-state index is 13.3. The van der Waals surface area contributed by atoms with Crippen LogP contribution in [-0.4, -0.2) is 166 Å². The van der Waals surface area contributed by atoms with E-state index < -0.39 is 23.8 Å². The molecule has 22 heteroatoms. The fourth-order valence-electron chi connectivity index (χ4n) is 13.6. The van der Waals surface area contributed by atoms with Crippen LogP contribution in [0.2, 0.25) is 0 Å². The van der Waals surface area contributed by atoms with Crippen molar-refractivity contribution in [2.24, 2.45) is 0 Å². The molecule has 0 radical (unpaired) electrons. The van der Waals surface area contributed by atoms with Crippen LogP contribution in [0, 0.1) is 22.7 Å². The second-order valence-electron chi connectivity index (χ2n) is 25.4. The van der Waals surface area contributed by atoms with E-state index in [1.807, 2.05) is 51.1 Å². The van der Waals surface area contributed by atoms with Crippen LogP contribution in [0.1, 0.15) is 87.4 Å². The number of rotatable bonds is 14. The average molecular weight is 1250 g/mol. The first kappa shape index (κ1) is 62.5. The molecule has 13 rings (SSSR count). The van der Waals surface area contributed by atoms with Gasteiger partial charge in [-0.1, -0.05) is 103 Å². The number of anilines is 4.